The van der Waals surface area contributed by atoms with Crippen LogP contribution >= 0.6 is 35.6 Å². The zero-order valence-electron chi connectivity index (χ0n) is 15.7. The zero-order valence-corrected chi connectivity index (χ0v) is 18.8. The summed E-state index contributed by atoms with van der Waals surface area (Å²) in [4.78, 5) is 7.01. The molecule has 4 nitrogen and oxygen atoms in total. The van der Waals surface area contributed by atoms with Crippen molar-refractivity contribution < 1.29 is 0 Å². The lowest BCUT2D eigenvalue weighted by molar-refractivity contribution is 0.180. The molecule has 6 heteroatoms. The van der Waals surface area contributed by atoms with E-state index in [1.807, 2.05) is 30.3 Å². The van der Waals surface area contributed by atoms with Crippen molar-refractivity contribution in [2.24, 2.45) is 16.6 Å². The predicted octanol–water partition coefficient (Wildman–Crippen LogP) is 4.91. The van der Waals surface area contributed by atoms with Gasteiger partial charge in [-0.15, -0.1) is 24.0 Å². The first-order valence-corrected chi connectivity index (χ1v) is 9.57. The Morgan fingerprint density at radius 3 is 2.63 bits per heavy atom. The normalized spacial score (nSPS) is 16.0. The van der Waals surface area contributed by atoms with Crippen molar-refractivity contribution in [3.63, 3.8) is 0 Å². The van der Waals surface area contributed by atoms with Crippen LogP contribution in [0.2, 0.25) is 5.02 Å². The summed E-state index contributed by atoms with van der Waals surface area (Å²) in [6, 6.07) is 16.2. The number of hydrogen-bond donors (Lipinski definition) is 2. The van der Waals surface area contributed by atoms with Crippen LogP contribution in [0.25, 0.3) is 0 Å². The van der Waals surface area contributed by atoms with E-state index in [4.69, 9.17) is 17.3 Å². The Bertz CT molecular complexity index is 757. The van der Waals surface area contributed by atoms with Crippen LogP contribution in [0.3, 0.4) is 0 Å². The molecule has 3 N–H and O–H groups in total. The van der Waals surface area contributed by atoms with Gasteiger partial charge in [-0.1, -0.05) is 41.9 Å². The van der Waals surface area contributed by atoms with Gasteiger partial charge in [0, 0.05) is 23.8 Å². The fraction of sp³-hybridized carbons (Fsp3) is 0.381. The minimum atomic E-state index is 0. The number of nitrogens with two attached hydrogens (primary N) is 1. The Kier molecular flexibility index (Phi) is 8.86. The molecule has 3 rings (SSSR count). The highest BCUT2D eigenvalue weighted by atomic mass is 127. The molecule has 0 aliphatic carbocycles. The molecule has 0 aromatic heterocycles. The van der Waals surface area contributed by atoms with Crippen LogP contribution in [0.4, 0.5) is 5.69 Å². The Morgan fingerprint density at radius 2 is 1.93 bits per heavy atom. The molecule has 1 aliphatic rings. The number of piperidine rings is 1. The first-order chi connectivity index (χ1) is 12.6. The van der Waals surface area contributed by atoms with E-state index in [0.717, 1.165) is 49.7 Å². The summed E-state index contributed by atoms with van der Waals surface area (Å²) in [7, 11) is 0. The lowest BCUT2D eigenvalue weighted by atomic mass is 9.96. The molecule has 2 aromatic carbocycles. The number of nitrogens with zero attached hydrogens (tertiary/aromatic N) is 2. The molecule has 1 heterocycles. The van der Waals surface area contributed by atoms with Gasteiger partial charge in [0.05, 0.1) is 0 Å². The second-order valence-electron chi connectivity index (χ2n) is 7.03. The third kappa shape index (κ3) is 6.97. The number of anilines is 1. The molecule has 146 valence electrons. The van der Waals surface area contributed by atoms with Crippen LogP contribution in [0.15, 0.2) is 53.5 Å². The lowest BCUT2D eigenvalue weighted by Gasteiger charge is -2.31. The summed E-state index contributed by atoms with van der Waals surface area (Å²) in [5.41, 5.74) is 9.43. The molecule has 1 fully saturated rings. The summed E-state index contributed by atoms with van der Waals surface area (Å²) < 4.78 is 0. The fourth-order valence-electron chi connectivity index (χ4n) is 3.33. The van der Waals surface area contributed by atoms with E-state index in [9.17, 15) is 0 Å². The van der Waals surface area contributed by atoms with Gasteiger partial charge >= 0.3 is 0 Å². The fourth-order valence-corrected chi connectivity index (χ4v) is 3.53. The highest BCUT2D eigenvalue weighted by molar-refractivity contribution is 14.0. The Labute approximate surface area is 184 Å². The lowest BCUT2D eigenvalue weighted by Crippen LogP contribution is -2.34. The second-order valence-corrected chi connectivity index (χ2v) is 7.44. The van der Waals surface area contributed by atoms with Crippen LogP contribution in [0.5, 0.6) is 0 Å². The van der Waals surface area contributed by atoms with Crippen molar-refractivity contribution in [3.8, 4) is 0 Å². The number of halogens is 2. The molecule has 0 atom stereocenters. The summed E-state index contributed by atoms with van der Waals surface area (Å²) in [5, 5.41) is 4.03. The van der Waals surface area contributed by atoms with E-state index < -0.39 is 0 Å². The number of rotatable bonds is 5. The van der Waals surface area contributed by atoms with Crippen LogP contribution in [0, 0.1) is 12.8 Å². The largest absolute Gasteiger partial charge is 0.370 e. The summed E-state index contributed by atoms with van der Waals surface area (Å²) >= 11 is 6.27. The second kappa shape index (κ2) is 10.9. The van der Waals surface area contributed by atoms with Gasteiger partial charge in [0.2, 0.25) is 0 Å². The van der Waals surface area contributed by atoms with Crippen LogP contribution in [-0.2, 0) is 6.54 Å². The molecule has 27 heavy (non-hydrogen) atoms. The molecule has 1 aliphatic heterocycles. The van der Waals surface area contributed by atoms with Gasteiger partial charge in [0.1, 0.15) is 0 Å². The van der Waals surface area contributed by atoms with Crippen LogP contribution in [-0.4, -0.2) is 30.5 Å². The van der Waals surface area contributed by atoms with Gasteiger partial charge in [-0.25, -0.2) is 0 Å². The maximum Gasteiger partial charge on any atom is 0.193 e. The summed E-state index contributed by atoms with van der Waals surface area (Å²) in [5.74, 6) is 1.09. The molecule has 0 amide bonds. The van der Waals surface area contributed by atoms with Gasteiger partial charge in [-0.3, -0.25) is 9.89 Å². The predicted molar refractivity (Wildman–Crippen MR) is 126 cm³/mol. The Morgan fingerprint density at radius 1 is 1.19 bits per heavy atom. The first kappa shape index (κ1) is 22.0. The van der Waals surface area contributed by atoms with Crippen molar-refractivity contribution in [1.82, 2.24) is 4.90 Å². The number of benzene rings is 2. The van der Waals surface area contributed by atoms with E-state index in [0.29, 0.717) is 11.9 Å². The summed E-state index contributed by atoms with van der Waals surface area (Å²) in [6.07, 6.45) is 2.29. The van der Waals surface area contributed by atoms with E-state index in [1.165, 1.54) is 11.1 Å². The van der Waals surface area contributed by atoms with Gasteiger partial charge < -0.3 is 11.1 Å². The SMILES string of the molecule is Cc1cccc(NC(N)=NCC2CCN(Cc3ccccc3Cl)CC2)c1.I. The smallest absolute Gasteiger partial charge is 0.193 e. The van der Waals surface area contributed by atoms with Crippen LogP contribution in [0.1, 0.15) is 24.0 Å². The average molecular weight is 499 g/mol. The molecule has 0 spiro atoms. The van der Waals surface area contributed by atoms with E-state index in [1.54, 1.807) is 0 Å². The molecule has 0 unspecified atom stereocenters. The van der Waals surface area contributed by atoms with Crippen molar-refractivity contribution >= 4 is 47.2 Å². The van der Waals surface area contributed by atoms with Crippen LogP contribution < -0.4 is 11.1 Å². The number of aryl methyl sites for hydroxylation is 1. The minimum absolute atomic E-state index is 0. The highest BCUT2D eigenvalue weighted by Crippen LogP contribution is 2.22. The standard InChI is InChI=1S/C21H27ClN4.HI/c1-16-5-4-7-19(13-16)25-21(23)24-14-17-9-11-26(12-10-17)15-18-6-2-3-8-20(18)22;/h2-8,13,17H,9-12,14-15H2,1H3,(H3,23,24,25);1H. The number of hydrogen-bond acceptors (Lipinski definition) is 2. The van der Waals surface area contributed by atoms with Crippen molar-refractivity contribution in [2.75, 3.05) is 25.0 Å². The molecule has 0 radical (unpaired) electrons. The topological polar surface area (TPSA) is 53.6 Å². The van der Waals surface area contributed by atoms with Crippen molar-refractivity contribution in [3.05, 3.63) is 64.7 Å². The van der Waals surface area contributed by atoms with Gasteiger partial charge in [0.15, 0.2) is 5.96 Å². The van der Waals surface area contributed by atoms with Crippen molar-refractivity contribution in [2.45, 2.75) is 26.3 Å². The molecule has 0 bridgehead atoms. The maximum atomic E-state index is 6.27. The number of guanidine groups is 1. The van der Waals surface area contributed by atoms with E-state index >= 15 is 0 Å². The number of nitrogens with one attached hydrogen (secondary N) is 1. The van der Waals surface area contributed by atoms with E-state index in [2.05, 4.69) is 40.3 Å². The first-order valence-electron chi connectivity index (χ1n) is 9.19. The number of aliphatic imine (C=N–C) groups is 1. The Hall–Kier alpha value is -1.31. The molecular weight excluding hydrogens is 471 g/mol. The van der Waals surface area contributed by atoms with Gasteiger partial charge in [-0.05, 0) is 68.1 Å². The molecule has 0 saturated carbocycles. The third-order valence-corrected chi connectivity index (χ3v) is 5.24. The monoisotopic (exact) mass is 498 g/mol. The van der Waals surface area contributed by atoms with Gasteiger partial charge in [-0.2, -0.15) is 0 Å². The molecule has 1 saturated heterocycles. The summed E-state index contributed by atoms with van der Waals surface area (Å²) in [6.45, 7) is 5.93. The molecule has 2 aromatic rings. The molecular formula is C21H28ClIN4. The third-order valence-electron chi connectivity index (χ3n) is 4.87. The number of likely N-dealkylation sites (tertiary alicyclic amines) is 1. The van der Waals surface area contributed by atoms with E-state index in [-0.39, 0.29) is 24.0 Å². The quantitative estimate of drug-likeness (QED) is 0.350. The highest BCUT2D eigenvalue weighted by Gasteiger charge is 2.19. The van der Waals surface area contributed by atoms with Gasteiger partial charge in [0.25, 0.3) is 0 Å². The maximum absolute atomic E-state index is 6.27. The Balaban J connectivity index is 0.00000261. The van der Waals surface area contributed by atoms with Crippen molar-refractivity contribution in [1.29, 1.82) is 0 Å². The zero-order chi connectivity index (χ0) is 18.4. The average Bonchev–Trinajstić information content (AvgIpc) is 2.63. The minimum Gasteiger partial charge on any atom is -0.370 e.